The van der Waals surface area contributed by atoms with Crippen molar-refractivity contribution in [2.24, 2.45) is 13.0 Å². The number of hydrogen-bond donors (Lipinski definition) is 4. The maximum Gasteiger partial charge on any atom is 0.343 e. The molecule has 4 rings (SSSR count). The van der Waals surface area contributed by atoms with Gasteiger partial charge in [-0.3, -0.25) is 14.6 Å². The third kappa shape index (κ3) is 4.15. The van der Waals surface area contributed by atoms with Crippen LogP contribution in [0.2, 0.25) is 0 Å². The van der Waals surface area contributed by atoms with Crippen LogP contribution in [0, 0.1) is 5.92 Å². The summed E-state index contributed by atoms with van der Waals surface area (Å²) in [5.74, 6) is 0.353. The second-order valence-electron chi connectivity index (χ2n) is 7.25. The van der Waals surface area contributed by atoms with E-state index in [0.717, 1.165) is 12.8 Å². The first-order valence-corrected chi connectivity index (χ1v) is 9.89. The molecule has 12 heteroatoms. The van der Waals surface area contributed by atoms with E-state index in [-0.39, 0.29) is 29.0 Å². The lowest BCUT2D eigenvalue weighted by molar-refractivity contribution is -0.117. The highest BCUT2D eigenvalue weighted by Crippen LogP contribution is 2.37. The summed E-state index contributed by atoms with van der Waals surface area (Å²) in [5, 5.41) is 20.5. The van der Waals surface area contributed by atoms with Crippen molar-refractivity contribution in [1.82, 2.24) is 30.3 Å². The van der Waals surface area contributed by atoms with Gasteiger partial charge in [0.2, 0.25) is 5.91 Å². The summed E-state index contributed by atoms with van der Waals surface area (Å²) in [6.45, 7) is 0. The number of nitrogens with one attached hydrogen (secondary N) is 4. The van der Waals surface area contributed by atoms with Crippen LogP contribution in [0.25, 0.3) is 11.4 Å². The Morgan fingerprint density at radius 3 is 2.62 bits per heavy atom. The molecule has 0 radical (unpaired) electrons. The van der Waals surface area contributed by atoms with Crippen molar-refractivity contribution in [2.75, 3.05) is 24.8 Å². The molecule has 12 nitrogen and oxygen atoms in total. The van der Waals surface area contributed by atoms with Crippen molar-refractivity contribution in [3.8, 4) is 17.1 Å². The quantitative estimate of drug-likeness (QED) is 0.426. The van der Waals surface area contributed by atoms with E-state index in [1.54, 1.807) is 18.2 Å². The van der Waals surface area contributed by atoms with Gasteiger partial charge in [-0.25, -0.2) is 9.48 Å². The van der Waals surface area contributed by atoms with Gasteiger partial charge >= 0.3 is 5.69 Å². The molecule has 32 heavy (non-hydrogen) atoms. The van der Waals surface area contributed by atoms with Crippen LogP contribution in [-0.2, 0) is 11.8 Å². The van der Waals surface area contributed by atoms with Crippen LogP contribution in [-0.4, -0.2) is 50.9 Å². The van der Waals surface area contributed by atoms with Crippen LogP contribution in [0.15, 0.2) is 29.1 Å². The van der Waals surface area contributed by atoms with E-state index in [4.69, 9.17) is 4.74 Å². The molecule has 1 fully saturated rings. The van der Waals surface area contributed by atoms with Crippen molar-refractivity contribution >= 4 is 29.0 Å². The van der Waals surface area contributed by atoms with E-state index in [1.807, 2.05) is 0 Å². The molecule has 1 aromatic carbocycles. The number of aromatic nitrogens is 5. The molecule has 0 atom stereocenters. The molecule has 1 saturated carbocycles. The fourth-order valence-electron chi connectivity index (χ4n) is 3.12. The second-order valence-corrected chi connectivity index (χ2v) is 7.25. The minimum atomic E-state index is -0.454. The Labute approximate surface area is 182 Å². The molecule has 0 unspecified atom stereocenters. The lowest BCUT2D eigenvalue weighted by Crippen LogP contribution is -2.22. The van der Waals surface area contributed by atoms with Crippen LogP contribution < -0.4 is 26.4 Å². The predicted octanol–water partition coefficient (Wildman–Crippen LogP) is 1.03. The average Bonchev–Trinajstić information content (AvgIpc) is 3.58. The fourth-order valence-corrected chi connectivity index (χ4v) is 3.12. The molecule has 0 spiro atoms. The maximum absolute atomic E-state index is 12.3. The normalized spacial score (nSPS) is 12.8. The van der Waals surface area contributed by atoms with Gasteiger partial charge in [-0.05, 0) is 25.0 Å². The van der Waals surface area contributed by atoms with E-state index >= 15 is 0 Å². The Balaban J connectivity index is 1.73. The number of ether oxygens (including phenoxy) is 1. The Bertz CT molecular complexity index is 1240. The molecule has 166 valence electrons. The minimum Gasteiger partial charge on any atom is -0.494 e. The number of rotatable bonds is 7. The van der Waals surface area contributed by atoms with Gasteiger partial charge in [0.25, 0.3) is 5.91 Å². The molecule has 0 saturated heterocycles. The van der Waals surface area contributed by atoms with Gasteiger partial charge in [-0.1, -0.05) is 6.07 Å². The van der Waals surface area contributed by atoms with Gasteiger partial charge < -0.3 is 20.7 Å². The number of aromatic amines is 1. The average molecular weight is 438 g/mol. The van der Waals surface area contributed by atoms with Crippen LogP contribution in [0.5, 0.6) is 5.75 Å². The summed E-state index contributed by atoms with van der Waals surface area (Å²) in [4.78, 5) is 38.9. The summed E-state index contributed by atoms with van der Waals surface area (Å²) >= 11 is 0. The molecule has 0 bridgehead atoms. The van der Waals surface area contributed by atoms with E-state index in [2.05, 4.69) is 36.2 Å². The van der Waals surface area contributed by atoms with E-state index < -0.39 is 5.91 Å². The van der Waals surface area contributed by atoms with Crippen molar-refractivity contribution in [3.63, 3.8) is 0 Å². The van der Waals surface area contributed by atoms with E-state index in [0.29, 0.717) is 28.5 Å². The third-order valence-electron chi connectivity index (χ3n) is 4.95. The Morgan fingerprint density at radius 2 is 2.00 bits per heavy atom. The summed E-state index contributed by atoms with van der Waals surface area (Å²) in [6.07, 6.45) is 1.70. The van der Waals surface area contributed by atoms with Crippen LogP contribution in [0.1, 0.15) is 23.3 Å². The smallest absolute Gasteiger partial charge is 0.343 e. The first kappa shape index (κ1) is 21.0. The minimum absolute atomic E-state index is 0.0101. The number of anilines is 3. The Kier molecular flexibility index (Phi) is 5.58. The fraction of sp³-hybridized carbons (Fsp3) is 0.300. The number of carbonyl (C=O) groups is 2. The first-order chi connectivity index (χ1) is 15.4. The van der Waals surface area contributed by atoms with Crippen molar-refractivity contribution < 1.29 is 14.3 Å². The maximum atomic E-state index is 12.3. The van der Waals surface area contributed by atoms with Crippen LogP contribution in [0.3, 0.4) is 0 Å². The van der Waals surface area contributed by atoms with Gasteiger partial charge in [0.1, 0.15) is 0 Å². The number of para-hydroxylation sites is 1. The second kappa shape index (κ2) is 8.49. The SMILES string of the molecule is CNC(=O)c1nnc(NC(=O)C2CC2)cc1Nc1cccc(-c2nn(C)c(=O)[nH]2)c1OC. The van der Waals surface area contributed by atoms with Crippen molar-refractivity contribution in [2.45, 2.75) is 12.8 Å². The molecular weight excluding hydrogens is 416 g/mol. The zero-order valence-electron chi connectivity index (χ0n) is 17.7. The van der Waals surface area contributed by atoms with Crippen molar-refractivity contribution in [3.05, 3.63) is 40.4 Å². The highest BCUT2D eigenvalue weighted by Gasteiger charge is 2.30. The van der Waals surface area contributed by atoms with Crippen molar-refractivity contribution in [1.29, 1.82) is 0 Å². The zero-order chi connectivity index (χ0) is 22.8. The number of methoxy groups -OCH3 is 1. The lowest BCUT2D eigenvalue weighted by atomic mass is 10.1. The van der Waals surface area contributed by atoms with Gasteiger partial charge in [0.05, 0.1) is 24.0 Å². The highest BCUT2D eigenvalue weighted by atomic mass is 16.5. The number of hydrogen-bond acceptors (Lipinski definition) is 8. The van der Waals surface area contributed by atoms with Gasteiger partial charge in [0.15, 0.2) is 23.1 Å². The summed E-state index contributed by atoms with van der Waals surface area (Å²) < 4.78 is 6.75. The molecule has 2 amide bonds. The molecular formula is C20H22N8O4. The van der Waals surface area contributed by atoms with Crippen LogP contribution in [0.4, 0.5) is 17.2 Å². The number of carbonyl (C=O) groups excluding carboxylic acids is 2. The largest absolute Gasteiger partial charge is 0.494 e. The number of benzene rings is 1. The molecule has 4 N–H and O–H groups in total. The number of H-pyrrole nitrogens is 1. The zero-order valence-corrected chi connectivity index (χ0v) is 17.7. The predicted molar refractivity (Wildman–Crippen MR) is 116 cm³/mol. The van der Waals surface area contributed by atoms with E-state index in [1.165, 1.54) is 32.0 Å². The van der Waals surface area contributed by atoms with Gasteiger partial charge in [-0.2, -0.15) is 0 Å². The number of aryl methyl sites for hydroxylation is 1. The van der Waals surface area contributed by atoms with Crippen LogP contribution >= 0.6 is 0 Å². The molecule has 3 aromatic rings. The van der Waals surface area contributed by atoms with E-state index in [9.17, 15) is 14.4 Å². The highest BCUT2D eigenvalue weighted by molar-refractivity contribution is 6.00. The third-order valence-corrected chi connectivity index (χ3v) is 4.95. The summed E-state index contributed by atoms with van der Waals surface area (Å²) in [5.41, 5.74) is 1.03. The molecule has 2 aromatic heterocycles. The summed E-state index contributed by atoms with van der Waals surface area (Å²) in [6, 6.07) is 6.76. The first-order valence-electron chi connectivity index (χ1n) is 9.89. The molecule has 1 aliphatic carbocycles. The Morgan fingerprint density at radius 1 is 1.22 bits per heavy atom. The topological polar surface area (TPSA) is 156 Å². The Hall–Kier alpha value is -4.22. The molecule has 2 heterocycles. The standard InChI is InChI=1S/C20H22N8O4/c1-21-19(30)15-13(9-14(25-26-15)23-18(29)10-7-8-10)22-12-6-4-5-11(16(12)32-3)17-24-20(31)28(2)27-17/h4-6,9-10H,7-8H2,1-3H3,(H,21,30)(H,24,27,31)(H2,22,23,25,29). The molecule has 1 aliphatic rings. The lowest BCUT2D eigenvalue weighted by Gasteiger charge is -2.16. The number of amides is 2. The molecule has 0 aliphatic heterocycles. The van der Waals surface area contributed by atoms with Gasteiger partial charge in [0, 0.05) is 26.1 Å². The summed E-state index contributed by atoms with van der Waals surface area (Å²) in [7, 11) is 4.50. The number of nitrogens with zero attached hydrogens (tertiary/aromatic N) is 4. The van der Waals surface area contributed by atoms with Gasteiger partial charge in [-0.15, -0.1) is 15.3 Å². The monoisotopic (exact) mass is 438 g/mol.